The second-order valence-corrected chi connectivity index (χ2v) is 11.4. The van der Waals surface area contributed by atoms with Crippen LogP contribution in [0.4, 0.5) is 0 Å². The maximum Gasteiger partial charge on any atom is 0.310 e. The van der Waals surface area contributed by atoms with Crippen molar-refractivity contribution >= 4 is 44.2 Å². The van der Waals surface area contributed by atoms with Gasteiger partial charge in [0.1, 0.15) is 11.8 Å². The number of sulfonamides is 1. The molecule has 1 atom stereocenters. The molecule has 2 aliphatic heterocycles. The van der Waals surface area contributed by atoms with Crippen molar-refractivity contribution < 1.29 is 22.4 Å². The first-order valence-electron chi connectivity index (χ1n) is 11.6. The number of nitrogens with zero attached hydrogens (tertiary/aromatic N) is 4. The Hall–Kier alpha value is -2.99. The average molecular weight is 532 g/mol. The number of oxazole rings is 1. The summed E-state index contributed by atoms with van der Waals surface area (Å²) in [6, 6.07) is 9.00. The summed E-state index contributed by atoms with van der Waals surface area (Å²) in [5.74, 6) is -0.427. The second kappa shape index (κ2) is 9.47. The maximum atomic E-state index is 13.5. The first-order chi connectivity index (χ1) is 17.2. The van der Waals surface area contributed by atoms with Crippen molar-refractivity contribution in [3.05, 3.63) is 58.8 Å². The van der Waals surface area contributed by atoms with Gasteiger partial charge >= 0.3 is 5.91 Å². The third-order valence-electron chi connectivity index (χ3n) is 6.67. The van der Waals surface area contributed by atoms with Crippen LogP contribution in [-0.2, 0) is 27.8 Å². The van der Waals surface area contributed by atoms with Crippen LogP contribution in [0.3, 0.4) is 0 Å². The molecule has 2 amide bonds. The fourth-order valence-corrected chi connectivity index (χ4v) is 6.31. The topological polar surface area (TPSA) is 116 Å². The number of benzene rings is 2. The van der Waals surface area contributed by atoms with Gasteiger partial charge < -0.3 is 14.6 Å². The van der Waals surface area contributed by atoms with E-state index in [9.17, 15) is 18.0 Å². The lowest BCUT2D eigenvalue weighted by Crippen LogP contribution is -2.61. The number of carbonyl (C=O) groups excluding carboxylic acids is 2. The smallest absolute Gasteiger partial charge is 0.310 e. The zero-order valence-electron chi connectivity index (χ0n) is 19.9. The molecule has 1 aromatic heterocycles. The van der Waals surface area contributed by atoms with Gasteiger partial charge in [-0.2, -0.15) is 4.31 Å². The molecule has 10 nitrogen and oxygen atoms in total. The quantitative estimate of drug-likeness (QED) is 0.545. The fraction of sp³-hybridized carbons (Fsp3) is 0.375. The molecule has 0 bridgehead atoms. The molecule has 2 aromatic carbocycles. The van der Waals surface area contributed by atoms with Gasteiger partial charge in [-0.15, -0.1) is 0 Å². The van der Waals surface area contributed by atoms with Gasteiger partial charge in [-0.25, -0.2) is 13.4 Å². The molecule has 0 spiro atoms. The van der Waals surface area contributed by atoms with Gasteiger partial charge in [-0.05, 0) is 42.1 Å². The van der Waals surface area contributed by atoms with Gasteiger partial charge in [0.2, 0.25) is 15.9 Å². The summed E-state index contributed by atoms with van der Waals surface area (Å²) in [6.07, 6.45) is 0.672. The van der Waals surface area contributed by atoms with E-state index in [0.29, 0.717) is 23.7 Å². The summed E-state index contributed by atoms with van der Waals surface area (Å²) in [7, 11) is -0.514. The molecule has 0 saturated carbocycles. The largest absolute Gasteiger partial charge is 0.436 e. The monoisotopic (exact) mass is 531 g/mol. The number of likely N-dealkylation sites (N-methyl/N-ethyl adjacent to an activating group) is 2. The van der Waals surface area contributed by atoms with E-state index in [1.807, 2.05) is 7.05 Å². The predicted octanol–water partition coefficient (Wildman–Crippen LogP) is 1.73. The van der Waals surface area contributed by atoms with E-state index in [-0.39, 0.29) is 30.4 Å². The molecule has 0 aliphatic carbocycles. The van der Waals surface area contributed by atoms with Crippen LogP contribution in [0.2, 0.25) is 5.02 Å². The zero-order valence-corrected chi connectivity index (χ0v) is 21.5. The second-order valence-electron chi connectivity index (χ2n) is 9.02. The molecule has 1 unspecified atom stereocenters. The van der Waals surface area contributed by atoms with Crippen LogP contribution in [0.25, 0.3) is 10.8 Å². The molecular formula is C24H26ClN5O5S. The Morgan fingerprint density at radius 3 is 2.64 bits per heavy atom. The Bertz CT molecular complexity index is 1460. The molecule has 3 aromatic rings. The minimum Gasteiger partial charge on any atom is -0.436 e. The molecule has 1 saturated heterocycles. The number of carbonyl (C=O) groups is 2. The van der Waals surface area contributed by atoms with E-state index in [2.05, 4.69) is 15.2 Å². The van der Waals surface area contributed by atoms with Crippen molar-refractivity contribution in [3.63, 3.8) is 0 Å². The number of hydrogen-bond acceptors (Lipinski definition) is 7. The lowest BCUT2D eigenvalue weighted by Gasteiger charge is -2.39. The third-order valence-corrected chi connectivity index (χ3v) is 8.77. The number of halogens is 1. The van der Waals surface area contributed by atoms with Crippen LogP contribution in [0.15, 0.2) is 45.7 Å². The van der Waals surface area contributed by atoms with Crippen molar-refractivity contribution in [1.29, 1.82) is 0 Å². The molecule has 12 heteroatoms. The standard InChI is InChI=1S/C24H26ClN5O5S/c1-26-22(31)20-13-29(36(33,34)18-6-4-15-11-17(25)5-3-16(15)12-18)9-10-30(20)24(32)23-27-19-7-8-28(2)14-21(19)35-23/h3-6,11-12,20H,7-10,13-14H2,1-2H3,(H,26,31). The Morgan fingerprint density at radius 2 is 1.86 bits per heavy atom. The van der Waals surface area contributed by atoms with Crippen LogP contribution >= 0.6 is 11.6 Å². The zero-order chi connectivity index (χ0) is 25.6. The highest BCUT2D eigenvalue weighted by atomic mass is 35.5. The number of piperazine rings is 1. The van der Waals surface area contributed by atoms with Crippen LogP contribution < -0.4 is 5.32 Å². The van der Waals surface area contributed by atoms with Crippen molar-refractivity contribution in [1.82, 2.24) is 24.4 Å². The summed E-state index contributed by atoms with van der Waals surface area (Å²) in [6.45, 7) is 1.23. The Morgan fingerprint density at radius 1 is 1.11 bits per heavy atom. The van der Waals surface area contributed by atoms with Gasteiger partial charge in [0.25, 0.3) is 5.89 Å². The number of fused-ring (bicyclic) bond motifs is 2. The number of nitrogens with one attached hydrogen (secondary N) is 1. The molecule has 36 heavy (non-hydrogen) atoms. The lowest BCUT2D eigenvalue weighted by atomic mass is 10.1. The van der Waals surface area contributed by atoms with Crippen LogP contribution in [-0.4, -0.2) is 85.6 Å². The SMILES string of the molecule is CNC(=O)C1CN(S(=O)(=O)c2ccc3cc(Cl)ccc3c2)CCN1C(=O)c1nc2c(o1)CN(C)CC2. The highest BCUT2D eigenvalue weighted by Crippen LogP contribution is 2.27. The Kier molecular flexibility index (Phi) is 6.50. The van der Waals surface area contributed by atoms with E-state index < -0.39 is 27.9 Å². The molecule has 1 fully saturated rings. The first-order valence-corrected chi connectivity index (χ1v) is 13.4. The van der Waals surface area contributed by atoms with Crippen molar-refractivity contribution in [3.8, 4) is 0 Å². The Balaban J connectivity index is 1.40. The third kappa shape index (κ3) is 4.47. The molecular weight excluding hydrogens is 506 g/mol. The molecule has 5 rings (SSSR count). The molecule has 0 radical (unpaired) electrons. The van der Waals surface area contributed by atoms with Gasteiger partial charge in [0.15, 0.2) is 0 Å². The van der Waals surface area contributed by atoms with Gasteiger partial charge in [-0.3, -0.25) is 14.5 Å². The van der Waals surface area contributed by atoms with E-state index in [1.165, 1.54) is 22.3 Å². The summed E-state index contributed by atoms with van der Waals surface area (Å²) < 4.78 is 34.0. The Labute approximate surface area is 213 Å². The van der Waals surface area contributed by atoms with Crippen molar-refractivity contribution in [2.24, 2.45) is 0 Å². The number of hydrogen-bond donors (Lipinski definition) is 1. The van der Waals surface area contributed by atoms with Gasteiger partial charge in [0, 0.05) is 44.7 Å². The van der Waals surface area contributed by atoms with E-state index in [4.69, 9.17) is 16.0 Å². The van der Waals surface area contributed by atoms with Crippen LogP contribution in [0.1, 0.15) is 22.1 Å². The molecule has 190 valence electrons. The van der Waals surface area contributed by atoms with Crippen LogP contribution in [0.5, 0.6) is 0 Å². The molecule has 3 heterocycles. The van der Waals surface area contributed by atoms with Gasteiger partial charge in [-0.1, -0.05) is 23.7 Å². The minimum atomic E-state index is -3.92. The van der Waals surface area contributed by atoms with Crippen LogP contribution in [0, 0.1) is 0 Å². The van der Waals surface area contributed by atoms with Crippen molar-refractivity contribution in [2.75, 3.05) is 40.3 Å². The number of rotatable bonds is 4. The summed E-state index contributed by atoms with van der Waals surface area (Å²) >= 11 is 6.04. The minimum absolute atomic E-state index is 0.0201. The van der Waals surface area contributed by atoms with E-state index in [0.717, 1.165) is 23.0 Å². The average Bonchev–Trinajstić information content (AvgIpc) is 3.30. The fourth-order valence-electron chi connectivity index (χ4n) is 4.65. The molecule has 2 aliphatic rings. The lowest BCUT2D eigenvalue weighted by molar-refractivity contribution is -0.126. The summed E-state index contributed by atoms with van der Waals surface area (Å²) in [5.41, 5.74) is 0.742. The normalized spacial score (nSPS) is 19.3. The van der Waals surface area contributed by atoms with E-state index >= 15 is 0 Å². The summed E-state index contributed by atoms with van der Waals surface area (Å²) in [5, 5.41) is 4.66. The predicted molar refractivity (Wildman–Crippen MR) is 133 cm³/mol. The highest BCUT2D eigenvalue weighted by Gasteiger charge is 2.41. The summed E-state index contributed by atoms with van der Waals surface area (Å²) in [4.78, 5) is 34.0. The first kappa shape index (κ1) is 24.7. The van der Waals surface area contributed by atoms with Gasteiger partial charge in [0.05, 0.1) is 17.1 Å². The number of aromatic nitrogens is 1. The highest BCUT2D eigenvalue weighted by molar-refractivity contribution is 7.89. The van der Waals surface area contributed by atoms with E-state index in [1.54, 1.807) is 30.3 Å². The molecule has 1 N–H and O–H groups in total. The maximum absolute atomic E-state index is 13.5. The van der Waals surface area contributed by atoms with Crippen molar-refractivity contribution in [2.45, 2.75) is 23.9 Å². The number of amides is 2.